The van der Waals surface area contributed by atoms with Crippen LogP contribution in [0.15, 0.2) is 0 Å². The third-order valence-corrected chi connectivity index (χ3v) is 3.75. The van der Waals surface area contributed by atoms with E-state index in [0.29, 0.717) is 0 Å². The van der Waals surface area contributed by atoms with Crippen LogP contribution in [-0.2, 0) is 0 Å². The second-order valence-corrected chi connectivity index (χ2v) is 5.22. The fourth-order valence-corrected chi connectivity index (χ4v) is 2.38. The molecule has 0 spiro atoms. The predicted molar refractivity (Wildman–Crippen MR) is 68.8 cm³/mol. The van der Waals surface area contributed by atoms with E-state index in [2.05, 4.69) is 0 Å². The summed E-state index contributed by atoms with van der Waals surface area (Å²) in [6, 6.07) is 1.12. The van der Waals surface area contributed by atoms with Crippen molar-refractivity contribution >= 4 is 0 Å². The van der Waals surface area contributed by atoms with Crippen molar-refractivity contribution in [2.75, 3.05) is 0 Å². The highest BCUT2D eigenvalue weighted by Gasteiger charge is 2.17. The minimum absolute atomic E-state index is 0.281. The molecule has 0 aromatic carbocycles. The Morgan fingerprint density at radius 1 is 0.438 bits per heavy atom. The van der Waals surface area contributed by atoms with Crippen LogP contribution in [0.1, 0.15) is 51.4 Å². The molecule has 0 aromatic rings. The van der Waals surface area contributed by atoms with Crippen LogP contribution in [0.2, 0.25) is 0 Å². The second-order valence-electron chi connectivity index (χ2n) is 5.22. The molecule has 0 aliphatic heterocycles. The summed E-state index contributed by atoms with van der Waals surface area (Å²) < 4.78 is 0. The van der Waals surface area contributed by atoms with Crippen LogP contribution >= 0.6 is 0 Å². The minimum atomic E-state index is 0.281. The molecule has 0 heterocycles. The highest BCUT2D eigenvalue weighted by atomic mass is 14.8. The van der Waals surface area contributed by atoms with E-state index in [1.54, 1.807) is 0 Å². The molecule has 4 heteroatoms. The molecule has 0 bridgehead atoms. The number of hydrogen-bond acceptors (Lipinski definition) is 4. The first-order valence-corrected chi connectivity index (χ1v) is 6.63. The summed E-state index contributed by atoms with van der Waals surface area (Å²) in [7, 11) is 0. The fourth-order valence-electron chi connectivity index (χ4n) is 2.38. The summed E-state index contributed by atoms with van der Waals surface area (Å²) in [6.45, 7) is 0. The third-order valence-electron chi connectivity index (χ3n) is 3.75. The van der Waals surface area contributed by atoms with Gasteiger partial charge in [-0.15, -0.1) is 0 Å². The maximum Gasteiger partial charge on any atom is 0.0192 e. The van der Waals surface area contributed by atoms with Crippen LogP contribution in [0, 0.1) is 0 Å². The Balaban J connectivity index is 0.000000160. The molecule has 0 saturated heterocycles. The lowest BCUT2D eigenvalue weighted by atomic mass is 9.92. The van der Waals surface area contributed by atoms with Gasteiger partial charge in [0, 0.05) is 24.2 Å². The lowest BCUT2D eigenvalue weighted by Crippen LogP contribution is -2.43. The first kappa shape index (κ1) is 13.9. The second kappa shape index (κ2) is 7.22. The Labute approximate surface area is 99.1 Å². The number of nitrogens with two attached hydrogens (primary N) is 4. The first-order chi connectivity index (χ1) is 7.61. The predicted octanol–water partition coefficient (Wildman–Crippen LogP) is 0.430. The van der Waals surface area contributed by atoms with Gasteiger partial charge in [0.2, 0.25) is 0 Å². The quantitative estimate of drug-likeness (QED) is 0.482. The molecule has 4 nitrogen and oxygen atoms in total. The van der Waals surface area contributed by atoms with E-state index in [1.165, 1.54) is 25.7 Å². The van der Waals surface area contributed by atoms with E-state index in [9.17, 15) is 0 Å². The highest BCUT2D eigenvalue weighted by molar-refractivity contribution is 4.80. The maximum absolute atomic E-state index is 5.65. The van der Waals surface area contributed by atoms with Crippen LogP contribution < -0.4 is 22.9 Å². The summed E-state index contributed by atoms with van der Waals surface area (Å²) in [5.41, 5.74) is 22.6. The highest BCUT2D eigenvalue weighted by Crippen LogP contribution is 2.14. The summed E-state index contributed by atoms with van der Waals surface area (Å²) in [6.07, 6.45) is 9.60. The Kier molecular flexibility index (Phi) is 6.28. The van der Waals surface area contributed by atoms with Gasteiger partial charge in [-0.1, -0.05) is 25.7 Å². The van der Waals surface area contributed by atoms with Gasteiger partial charge in [-0.2, -0.15) is 0 Å². The van der Waals surface area contributed by atoms with E-state index >= 15 is 0 Å². The number of hydrogen-bond donors (Lipinski definition) is 4. The Morgan fingerprint density at radius 3 is 0.750 bits per heavy atom. The Bertz CT molecular complexity index is 146. The normalized spacial score (nSPS) is 39.8. The average Bonchev–Trinajstić information content (AvgIpc) is 2.28. The van der Waals surface area contributed by atoms with Crippen LogP contribution in [-0.4, -0.2) is 24.2 Å². The largest absolute Gasteiger partial charge is 0.326 e. The minimum Gasteiger partial charge on any atom is -0.326 e. The zero-order valence-corrected chi connectivity index (χ0v) is 10.3. The van der Waals surface area contributed by atoms with Gasteiger partial charge in [0.15, 0.2) is 0 Å². The van der Waals surface area contributed by atoms with E-state index in [0.717, 1.165) is 25.7 Å². The molecule has 0 radical (unpaired) electrons. The molecule has 2 saturated carbocycles. The van der Waals surface area contributed by atoms with Gasteiger partial charge in [0.25, 0.3) is 0 Å². The summed E-state index contributed by atoms with van der Waals surface area (Å²) >= 11 is 0. The smallest absolute Gasteiger partial charge is 0.0192 e. The monoisotopic (exact) mass is 228 g/mol. The van der Waals surface area contributed by atoms with Crippen molar-refractivity contribution < 1.29 is 0 Å². The molecule has 96 valence electrons. The van der Waals surface area contributed by atoms with Gasteiger partial charge in [-0.3, -0.25) is 0 Å². The molecule has 2 aliphatic carbocycles. The molecule has 2 rings (SSSR count). The van der Waals surface area contributed by atoms with Gasteiger partial charge in [0.1, 0.15) is 0 Å². The zero-order chi connectivity index (χ0) is 12.0. The van der Waals surface area contributed by atoms with Crippen molar-refractivity contribution in [2.24, 2.45) is 22.9 Å². The summed E-state index contributed by atoms with van der Waals surface area (Å²) in [4.78, 5) is 0. The van der Waals surface area contributed by atoms with Crippen molar-refractivity contribution in [3.8, 4) is 0 Å². The van der Waals surface area contributed by atoms with Gasteiger partial charge >= 0.3 is 0 Å². The van der Waals surface area contributed by atoms with Crippen molar-refractivity contribution in [1.82, 2.24) is 0 Å². The molecule has 0 unspecified atom stereocenters. The Hall–Kier alpha value is -0.160. The van der Waals surface area contributed by atoms with Crippen LogP contribution in [0.5, 0.6) is 0 Å². The molecular weight excluding hydrogens is 200 g/mol. The average molecular weight is 228 g/mol. The van der Waals surface area contributed by atoms with Gasteiger partial charge in [-0.05, 0) is 25.7 Å². The molecule has 16 heavy (non-hydrogen) atoms. The molecule has 0 aromatic heterocycles. The first-order valence-electron chi connectivity index (χ1n) is 6.63. The zero-order valence-electron chi connectivity index (χ0n) is 10.3. The lowest BCUT2D eigenvalue weighted by Gasteiger charge is -2.24. The van der Waals surface area contributed by atoms with E-state index in [-0.39, 0.29) is 24.2 Å². The molecule has 2 fully saturated rings. The van der Waals surface area contributed by atoms with Crippen LogP contribution in [0.25, 0.3) is 0 Å². The van der Waals surface area contributed by atoms with Crippen LogP contribution in [0.3, 0.4) is 0 Å². The van der Waals surface area contributed by atoms with Crippen molar-refractivity contribution in [3.63, 3.8) is 0 Å². The van der Waals surface area contributed by atoms with E-state index < -0.39 is 0 Å². The summed E-state index contributed by atoms with van der Waals surface area (Å²) in [5, 5.41) is 0. The Morgan fingerprint density at radius 2 is 0.625 bits per heavy atom. The van der Waals surface area contributed by atoms with Gasteiger partial charge in [-0.25, -0.2) is 0 Å². The van der Waals surface area contributed by atoms with E-state index in [4.69, 9.17) is 22.9 Å². The van der Waals surface area contributed by atoms with Crippen molar-refractivity contribution in [1.29, 1.82) is 0 Å². The molecule has 0 amide bonds. The topological polar surface area (TPSA) is 104 Å². The fraction of sp³-hybridized carbons (Fsp3) is 1.00. The lowest BCUT2D eigenvalue weighted by molar-refractivity contribution is 0.385. The maximum atomic E-state index is 5.65. The van der Waals surface area contributed by atoms with Crippen molar-refractivity contribution in [2.45, 2.75) is 75.5 Å². The SMILES string of the molecule is N[C@@H]1CCCC[C@@H]1N.N[C@@H]1CCCC[C@@H]1N. The molecular formula is C12H28N4. The molecule has 4 atom stereocenters. The molecule has 2 aliphatic rings. The van der Waals surface area contributed by atoms with Crippen molar-refractivity contribution in [3.05, 3.63) is 0 Å². The van der Waals surface area contributed by atoms with Gasteiger partial charge in [0.05, 0.1) is 0 Å². The number of rotatable bonds is 0. The van der Waals surface area contributed by atoms with Gasteiger partial charge < -0.3 is 22.9 Å². The van der Waals surface area contributed by atoms with E-state index in [1.807, 2.05) is 0 Å². The third kappa shape index (κ3) is 4.78. The summed E-state index contributed by atoms with van der Waals surface area (Å²) in [5.74, 6) is 0. The molecule has 8 N–H and O–H groups in total. The van der Waals surface area contributed by atoms with Crippen LogP contribution in [0.4, 0.5) is 0 Å². The standard InChI is InChI=1S/2C6H14N2/c2*7-5-3-1-2-4-6(5)8/h2*5-6H,1-4,7-8H2/t2*5-,6+.